The molecule has 4 N–H and O–H groups in total. The van der Waals surface area contributed by atoms with Crippen LogP contribution in [0.1, 0.15) is 88.5 Å². The second kappa shape index (κ2) is 24.6. The summed E-state index contributed by atoms with van der Waals surface area (Å²) in [7, 11) is 6.04. The Labute approximate surface area is 414 Å². The number of quaternary nitrogens is 1. The van der Waals surface area contributed by atoms with Gasteiger partial charge in [0.15, 0.2) is 0 Å². The maximum absolute atomic E-state index is 14.5. The van der Waals surface area contributed by atoms with Crippen LogP contribution >= 0.6 is 0 Å². The molecule has 1 fully saturated rings. The predicted octanol–water partition coefficient (Wildman–Crippen LogP) is 2.24. The van der Waals surface area contributed by atoms with E-state index in [1.165, 1.54) is 4.90 Å². The minimum atomic E-state index is -2.04. The van der Waals surface area contributed by atoms with Gasteiger partial charge in [-0.1, -0.05) is 45.9 Å². The van der Waals surface area contributed by atoms with E-state index in [1.54, 1.807) is 31.4 Å². The number of likely N-dealkylation sites (tertiary alicyclic amines) is 1. The van der Waals surface area contributed by atoms with Crippen molar-refractivity contribution in [1.82, 2.24) is 25.1 Å². The quantitative estimate of drug-likeness (QED) is 0.0354. The van der Waals surface area contributed by atoms with Gasteiger partial charge in [-0.3, -0.25) is 24.0 Å². The van der Waals surface area contributed by atoms with Gasteiger partial charge < -0.3 is 58.7 Å². The van der Waals surface area contributed by atoms with Gasteiger partial charge in [-0.15, -0.1) is 0 Å². The second-order valence-electron chi connectivity index (χ2n) is 19.5. The van der Waals surface area contributed by atoms with Gasteiger partial charge in [-0.2, -0.15) is 0 Å². The van der Waals surface area contributed by atoms with E-state index in [4.69, 9.17) is 39.1 Å². The van der Waals surface area contributed by atoms with E-state index < -0.39 is 71.7 Å². The highest BCUT2D eigenvalue weighted by molar-refractivity contribution is 5.96. The standard InChI is InChI=1S/C51H71N7O13/c1-8-33-34-14-10-11-15-38(34)54-45-35(33)30-57-41(45)28-37-36(47(57)62)31-70-50(65)51(37,9-2)71-49(64)44(32(3)4)55-46(61)40-16-12-19-56(40)48(63)39(29-43(60)69-21-13-20-58(5,6)7)53-42(59)17-22-66-24-26-68-27-25-67-23-18-52/h10-11,14-15,28,32,39-40,44H,8-9,12-13,16-27,29-31,52H2,1-7H3,(H-,53,55,59,61)/p+1/t39-,40-,44-,51-/m0/s1. The zero-order chi connectivity index (χ0) is 51.5. The number of ether oxygens (including phenoxy) is 6. The van der Waals surface area contributed by atoms with Crippen molar-refractivity contribution in [3.8, 4) is 11.4 Å². The van der Waals surface area contributed by atoms with Crippen LogP contribution in [0.25, 0.3) is 22.3 Å². The van der Waals surface area contributed by atoms with Gasteiger partial charge in [0.1, 0.15) is 24.7 Å². The van der Waals surface area contributed by atoms with Crippen molar-refractivity contribution in [2.45, 2.75) is 110 Å². The van der Waals surface area contributed by atoms with Gasteiger partial charge >= 0.3 is 17.9 Å². The van der Waals surface area contributed by atoms with Crippen LogP contribution in [0.5, 0.6) is 0 Å². The minimum absolute atomic E-state index is 0.0148. The number of nitrogens with zero attached hydrogens (tertiary/aromatic N) is 4. The molecule has 20 heteroatoms. The number of aryl methyl sites for hydroxylation is 1. The van der Waals surface area contributed by atoms with Crippen LogP contribution in [-0.2, 0) is 82.4 Å². The monoisotopic (exact) mass is 991 g/mol. The third-order valence-corrected chi connectivity index (χ3v) is 13.1. The molecule has 2 aromatic heterocycles. The number of cyclic esters (lactones) is 1. The maximum atomic E-state index is 14.5. The normalized spacial score (nSPS) is 18.1. The highest BCUT2D eigenvalue weighted by Gasteiger charge is 2.52. The Kier molecular flexibility index (Phi) is 18.9. The fourth-order valence-electron chi connectivity index (χ4n) is 9.37. The molecular formula is C51H72N7O13+. The van der Waals surface area contributed by atoms with Crippen LogP contribution in [0.15, 0.2) is 35.1 Å². The smallest absolute Gasteiger partial charge is 0.355 e. The minimum Gasteiger partial charge on any atom is -0.465 e. The van der Waals surface area contributed by atoms with Gasteiger partial charge in [-0.05, 0) is 49.3 Å². The van der Waals surface area contributed by atoms with E-state index in [0.717, 1.165) is 28.6 Å². The molecule has 0 unspecified atom stereocenters. The van der Waals surface area contributed by atoms with Crippen molar-refractivity contribution in [3.63, 3.8) is 0 Å². The first-order chi connectivity index (χ1) is 33.9. The van der Waals surface area contributed by atoms with Gasteiger partial charge in [-0.25, -0.2) is 14.6 Å². The first-order valence-corrected chi connectivity index (χ1v) is 24.8. The molecule has 1 saturated heterocycles. The molecule has 0 aliphatic carbocycles. The van der Waals surface area contributed by atoms with Crippen molar-refractivity contribution in [1.29, 1.82) is 0 Å². The molecule has 3 aliphatic rings. The summed E-state index contributed by atoms with van der Waals surface area (Å²) in [4.78, 5) is 104. The summed E-state index contributed by atoms with van der Waals surface area (Å²) in [5, 5.41) is 6.44. The number of carbonyl (C=O) groups excluding carboxylic acids is 6. The Hall–Kier alpha value is -5.80. The summed E-state index contributed by atoms with van der Waals surface area (Å²) < 4.78 is 35.8. The van der Waals surface area contributed by atoms with E-state index in [-0.39, 0.29) is 82.1 Å². The molecule has 3 aromatic rings. The molecule has 3 amide bonds. The number of carbonyl (C=O) groups is 6. The summed E-state index contributed by atoms with van der Waals surface area (Å²) in [5.41, 5.74) is 7.19. The summed E-state index contributed by atoms with van der Waals surface area (Å²) in [5.74, 6) is -4.97. The zero-order valence-electron chi connectivity index (χ0n) is 42.3. The van der Waals surface area contributed by atoms with Crippen molar-refractivity contribution in [2.75, 3.05) is 87.0 Å². The molecular weight excluding hydrogens is 919 g/mol. The first-order valence-electron chi connectivity index (χ1n) is 24.8. The number of rotatable bonds is 26. The summed E-state index contributed by atoms with van der Waals surface area (Å²) in [6.45, 7) is 10.1. The number of pyridine rings is 2. The number of nitrogens with one attached hydrogen (secondary N) is 2. The van der Waals surface area contributed by atoms with Crippen LogP contribution in [0, 0.1) is 5.92 Å². The fourth-order valence-corrected chi connectivity index (χ4v) is 9.37. The lowest BCUT2D eigenvalue weighted by molar-refractivity contribution is -0.870. The van der Waals surface area contributed by atoms with Crippen molar-refractivity contribution in [2.24, 2.45) is 11.7 Å². The van der Waals surface area contributed by atoms with Crippen molar-refractivity contribution in [3.05, 3.63) is 62.9 Å². The number of amides is 3. The molecule has 20 nitrogen and oxygen atoms in total. The third kappa shape index (κ3) is 13.0. The zero-order valence-corrected chi connectivity index (χ0v) is 42.3. The largest absolute Gasteiger partial charge is 0.465 e. The molecule has 0 bridgehead atoms. The van der Waals surface area contributed by atoms with E-state index in [2.05, 4.69) is 10.6 Å². The maximum Gasteiger partial charge on any atom is 0.355 e. The van der Waals surface area contributed by atoms with E-state index in [0.29, 0.717) is 61.5 Å². The molecule has 3 aliphatic heterocycles. The van der Waals surface area contributed by atoms with E-state index in [1.807, 2.05) is 52.3 Å². The van der Waals surface area contributed by atoms with Gasteiger partial charge in [0, 0.05) is 42.4 Å². The molecule has 0 spiro atoms. The van der Waals surface area contributed by atoms with Crippen molar-refractivity contribution < 1.29 is 61.7 Å². The van der Waals surface area contributed by atoms with Gasteiger partial charge in [0.05, 0.1) is 109 Å². The Morgan fingerprint density at radius 3 is 2.32 bits per heavy atom. The third-order valence-electron chi connectivity index (χ3n) is 13.1. The average Bonchev–Trinajstić information content (AvgIpc) is 3.98. The number of aromatic nitrogens is 2. The Bertz CT molecular complexity index is 2490. The number of esters is 3. The van der Waals surface area contributed by atoms with Crippen molar-refractivity contribution >= 4 is 46.5 Å². The molecule has 71 heavy (non-hydrogen) atoms. The first kappa shape index (κ1) is 54.5. The van der Waals surface area contributed by atoms with E-state index >= 15 is 0 Å². The van der Waals surface area contributed by atoms with Crippen LogP contribution in [0.3, 0.4) is 0 Å². The molecule has 0 saturated carbocycles. The highest BCUT2D eigenvalue weighted by Crippen LogP contribution is 2.42. The summed E-state index contributed by atoms with van der Waals surface area (Å²) >= 11 is 0. The number of benzene rings is 1. The number of hydrogen-bond acceptors (Lipinski definition) is 15. The lowest BCUT2D eigenvalue weighted by atomic mass is 9.85. The summed E-state index contributed by atoms with van der Waals surface area (Å²) in [6.07, 6.45) is 1.22. The Morgan fingerprint density at radius 1 is 0.944 bits per heavy atom. The SMILES string of the molecule is CCc1c2c(nc3ccccc13)-c1cc3c(c(=O)n1C2)COC(=O)[C@@]3(CC)OC(=O)[C@@H](NC(=O)[C@@H]1CCCN1C(=O)[C@H](CC(=O)OCCC[N+](C)(C)C)NC(=O)CCOCCOCCOCCN)C(C)C. The van der Waals surface area contributed by atoms with E-state index in [9.17, 15) is 33.6 Å². The fraction of sp³-hybridized carbons (Fsp3) is 0.608. The average molecular weight is 991 g/mol. The molecule has 5 heterocycles. The van der Waals surface area contributed by atoms with Gasteiger partial charge in [0.25, 0.3) is 5.56 Å². The molecule has 0 radical (unpaired) electrons. The lowest BCUT2D eigenvalue weighted by Gasteiger charge is -2.37. The molecule has 6 rings (SSSR count). The molecule has 1 aromatic carbocycles. The van der Waals surface area contributed by atoms with Crippen LogP contribution in [0.2, 0.25) is 0 Å². The number of nitrogens with two attached hydrogens (primary N) is 1. The number of fused-ring (bicyclic) bond motifs is 5. The highest BCUT2D eigenvalue weighted by atomic mass is 16.6. The lowest BCUT2D eigenvalue weighted by Crippen LogP contribution is -2.57. The molecule has 388 valence electrons. The van der Waals surface area contributed by atoms with Crippen LogP contribution in [-0.4, -0.2) is 160 Å². The summed E-state index contributed by atoms with van der Waals surface area (Å²) in [6, 6.07) is 5.70. The van der Waals surface area contributed by atoms with Gasteiger partial charge in [0.2, 0.25) is 23.3 Å². The predicted molar refractivity (Wildman–Crippen MR) is 260 cm³/mol. The Balaban J connectivity index is 1.16. The topological polar surface area (TPSA) is 246 Å². The second-order valence-corrected chi connectivity index (χ2v) is 19.5. The Morgan fingerprint density at radius 2 is 1.65 bits per heavy atom. The van der Waals surface area contributed by atoms with Crippen LogP contribution in [0.4, 0.5) is 0 Å². The number of hydrogen-bond donors (Lipinski definition) is 3. The number of para-hydroxylation sites is 1. The molecule has 4 atom stereocenters. The van der Waals surface area contributed by atoms with Crippen LogP contribution < -0.4 is 21.9 Å².